The molecule has 0 aromatic carbocycles. The maximum absolute atomic E-state index is 11.4. The second-order valence-electron chi connectivity index (χ2n) is 4.18. The highest BCUT2D eigenvalue weighted by atomic mass is 35.5. The van der Waals surface area contributed by atoms with Gasteiger partial charge in [0.2, 0.25) is 5.91 Å². The first-order chi connectivity index (χ1) is 8.19. The van der Waals surface area contributed by atoms with Gasteiger partial charge in [0, 0.05) is 19.2 Å². The zero-order chi connectivity index (χ0) is 12.3. The molecule has 1 amide bonds. The molecule has 4 nitrogen and oxygen atoms in total. The Balaban J connectivity index is 1.95. The molecule has 0 atom stereocenters. The summed E-state index contributed by atoms with van der Waals surface area (Å²) < 4.78 is 5.01. The number of carbonyl (C=O) groups excluding carboxylic acids is 1. The minimum absolute atomic E-state index is 0.0167. The van der Waals surface area contributed by atoms with Crippen LogP contribution in [-0.2, 0) is 4.79 Å². The maximum atomic E-state index is 11.4. The fourth-order valence-corrected chi connectivity index (χ4v) is 2.10. The Morgan fingerprint density at radius 1 is 1.59 bits per heavy atom. The molecule has 17 heavy (non-hydrogen) atoms. The average Bonchev–Trinajstić information content (AvgIpc) is 2.75. The lowest BCUT2D eigenvalue weighted by Gasteiger charge is -2.27. The predicted octanol–water partition coefficient (Wildman–Crippen LogP) is 2.23. The third kappa shape index (κ3) is 3.09. The highest BCUT2D eigenvalue weighted by Gasteiger charge is 2.18. The van der Waals surface area contributed by atoms with Crippen LogP contribution in [0.25, 0.3) is 6.08 Å². The second kappa shape index (κ2) is 5.36. The van der Waals surface area contributed by atoms with Gasteiger partial charge < -0.3 is 9.42 Å². The second-order valence-corrected chi connectivity index (χ2v) is 4.45. The molecule has 1 saturated heterocycles. The largest absolute Gasteiger partial charge is 0.361 e. The molecule has 0 saturated carbocycles. The number of alkyl halides is 1. The van der Waals surface area contributed by atoms with E-state index in [1.807, 2.05) is 19.1 Å². The number of nitrogens with zero attached hydrogens (tertiary/aromatic N) is 2. The lowest BCUT2D eigenvalue weighted by Crippen LogP contribution is -2.37. The average molecular weight is 255 g/mol. The van der Waals surface area contributed by atoms with E-state index in [1.54, 1.807) is 4.90 Å². The van der Waals surface area contributed by atoms with Gasteiger partial charge in [0.1, 0.15) is 17.3 Å². The van der Waals surface area contributed by atoms with Crippen LogP contribution >= 0.6 is 11.6 Å². The summed E-state index contributed by atoms with van der Waals surface area (Å²) in [5.41, 5.74) is 2.16. The molecule has 2 rings (SSSR count). The molecule has 2 heterocycles. The number of amides is 1. The Morgan fingerprint density at radius 3 is 2.82 bits per heavy atom. The van der Waals surface area contributed by atoms with Crippen LogP contribution in [-0.4, -0.2) is 34.9 Å². The lowest BCUT2D eigenvalue weighted by molar-refractivity contribution is -0.128. The van der Waals surface area contributed by atoms with Gasteiger partial charge in [-0.25, -0.2) is 0 Å². The van der Waals surface area contributed by atoms with E-state index in [9.17, 15) is 4.79 Å². The SMILES string of the molecule is Cc1cc(C=C2CCN(C(=O)CCl)CC2)no1. The number of hydrogen-bond donors (Lipinski definition) is 0. The highest BCUT2D eigenvalue weighted by molar-refractivity contribution is 6.27. The van der Waals surface area contributed by atoms with E-state index in [1.165, 1.54) is 5.57 Å². The number of piperidine rings is 1. The molecule has 0 aliphatic carbocycles. The number of hydrogen-bond acceptors (Lipinski definition) is 3. The van der Waals surface area contributed by atoms with Crippen LogP contribution in [0.15, 0.2) is 16.2 Å². The van der Waals surface area contributed by atoms with Crippen LogP contribution in [0.5, 0.6) is 0 Å². The van der Waals surface area contributed by atoms with Gasteiger partial charge in [-0.05, 0) is 25.8 Å². The number of likely N-dealkylation sites (tertiary alicyclic amines) is 1. The van der Waals surface area contributed by atoms with Crippen LogP contribution in [0.3, 0.4) is 0 Å². The van der Waals surface area contributed by atoms with Crippen molar-refractivity contribution < 1.29 is 9.32 Å². The van der Waals surface area contributed by atoms with Gasteiger partial charge in [0.15, 0.2) is 0 Å². The molecule has 1 aromatic heterocycles. The minimum atomic E-state index is 0.0167. The van der Waals surface area contributed by atoms with E-state index in [0.717, 1.165) is 37.4 Å². The highest BCUT2D eigenvalue weighted by Crippen LogP contribution is 2.19. The normalized spacial score (nSPS) is 16.1. The summed E-state index contributed by atoms with van der Waals surface area (Å²) in [5, 5.41) is 3.93. The topological polar surface area (TPSA) is 46.3 Å². The monoisotopic (exact) mass is 254 g/mol. The van der Waals surface area contributed by atoms with Crippen molar-refractivity contribution in [1.29, 1.82) is 0 Å². The Morgan fingerprint density at radius 2 is 2.29 bits per heavy atom. The molecule has 92 valence electrons. The van der Waals surface area contributed by atoms with Crippen molar-refractivity contribution >= 4 is 23.6 Å². The van der Waals surface area contributed by atoms with Crippen molar-refractivity contribution in [1.82, 2.24) is 10.1 Å². The third-order valence-corrected chi connectivity index (χ3v) is 3.10. The van der Waals surface area contributed by atoms with Gasteiger partial charge in [0.05, 0.1) is 0 Å². The molecule has 0 spiro atoms. The first kappa shape index (κ1) is 12.2. The van der Waals surface area contributed by atoms with Crippen LogP contribution in [0.4, 0.5) is 0 Å². The maximum Gasteiger partial charge on any atom is 0.237 e. The zero-order valence-electron chi connectivity index (χ0n) is 9.78. The molecule has 1 fully saturated rings. The van der Waals surface area contributed by atoms with Gasteiger partial charge in [-0.2, -0.15) is 0 Å². The molecular weight excluding hydrogens is 240 g/mol. The zero-order valence-corrected chi connectivity index (χ0v) is 10.5. The van der Waals surface area contributed by atoms with Crippen molar-refractivity contribution in [2.45, 2.75) is 19.8 Å². The summed E-state index contributed by atoms with van der Waals surface area (Å²) in [7, 11) is 0. The molecule has 1 aliphatic heterocycles. The van der Waals surface area contributed by atoms with Gasteiger partial charge in [0.25, 0.3) is 0 Å². The predicted molar refractivity (Wildman–Crippen MR) is 65.8 cm³/mol. The fraction of sp³-hybridized carbons (Fsp3) is 0.500. The Bertz CT molecular complexity index is 429. The van der Waals surface area contributed by atoms with Crippen molar-refractivity contribution in [3.05, 3.63) is 23.1 Å². The molecule has 0 unspecified atom stereocenters. The van der Waals surface area contributed by atoms with Crippen LogP contribution in [0.1, 0.15) is 24.3 Å². The fourth-order valence-electron chi connectivity index (χ4n) is 1.94. The van der Waals surface area contributed by atoms with Crippen LogP contribution in [0.2, 0.25) is 0 Å². The van der Waals surface area contributed by atoms with Crippen LogP contribution in [0, 0.1) is 6.92 Å². The number of aryl methyl sites for hydroxylation is 1. The van der Waals surface area contributed by atoms with E-state index in [2.05, 4.69) is 5.16 Å². The van der Waals surface area contributed by atoms with E-state index in [-0.39, 0.29) is 11.8 Å². The van der Waals surface area contributed by atoms with E-state index in [4.69, 9.17) is 16.1 Å². The Kier molecular flexibility index (Phi) is 3.84. The number of carbonyl (C=O) groups is 1. The van der Waals surface area contributed by atoms with E-state index in [0.29, 0.717) is 0 Å². The standard InChI is InChI=1S/C12H15ClN2O2/c1-9-6-11(14-17-9)7-10-2-4-15(5-3-10)12(16)8-13/h6-7H,2-5,8H2,1H3. The summed E-state index contributed by atoms with van der Waals surface area (Å²) in [6.45, 7) is 3.36. The molecule has 1 aromatic rings. The lowest BCUT2D eigenvalue weighted by atomic mass is 10.0. The summed E-state index contributed by atoms with van der Waals surface area (Å²) >= 11 is 5.53. The molecule has 1 aliphatic rings. The molecular formula is C12H15ClN2O2. The number of aromatic nitrogens is 1. The van der Waals surface area contributed by atoms with Crippen molar-refractivity contribution in [3.8, 4) is 0 Å². The van der Waals surface area contributed by atoms with E-state index < -0.39 is 0 Å². The smallest absolute Gasteiger partial charge is 0.237 e. The number of halogens is 1. The third-order valence-electron chi connectivity index (χ3n) is 2.87. The van der Waals surface area contributed by atoms with Gasteiger partial charge in [-0.3, -0.25) is 4.79 Å². The minimum Gasteiger partial charge on any atom is -0.361 e. The summed E-state index contributed by atoms with van der Waals surface area (Å²) in [5.74, 6) is 0.899. The summed E-state index contributed by atoms with van der Waals surface area (Å²) in [4.78, 5) is 13.2. The van der Waals surface area contributed by atoms with Crippen molar-refractivity contribution in [3.63, 3.8) is 0 Å². The first-order valence-electron chi connectivity index (χ1n) is 5.65. The van der Waals surface area contributed by atoms with Gasteiger partial charge in [-0.15, -0.1) is 11.6 Å². The molecule has 0 radical (unpaired) electrons. The number of rotatable bonds is 2. The van der Waals surface area contributed by atoms with Crippen LogP contribution < -0.4 is 0 Å². The Labute approximate surface area is 105 Å². The quantitative estimate of drug-likeness (QED) is 0.761. The van der Waals surface area contributed by atoms with Gasteiger partial charge in [-0.1, -0.05) is 10.7 Å². The molecule has 0 bridgehead atoms. The van der Waals surface area contributed by atoms with Crippen molar-refractivity contribution in [2.24, 2.45) is 0 Å². The summed E-state index contributed by atoms with van der Waals surface area (Å²) in [6, 6.07) is 1.91. The Hall–Kier alpha value is -1.29. The van der Waals surface area contributed by atoms with Gasteiger partial charge >= 0.3 is 0 Å². The van der Waals surface area contributed by atoms with E-state index >= 15 is 0 Å². The summed E-state index contributed by atoms with van der Waals surface area (Å²) in [6.07, 6.45) is 3.81. The molecule has 5 heteroatoms. The molecule has 0 N–H and O–H groups in total. The van der Waals surface area contributed by atoms with Crippen molar-refractivity contribution in [2.75, 3.05) is 19.0 Å². The first-order valence-corrected chi connectivity index (χ1v) is 6.19.